The summed E-state index contributed by atoms with van der Waals surface area (Å²) in [7, 11) is 0. The van der Waals surface area contributed by atoms with Crippen LogP contribution in [0.5, 0.6) is 0 Å². The zero-order valence-corrected chi connectivity index (χ0v) is 14.7. The largest absolute Gasteiger partial charge is 0.394 e. The van der Waals surface area contributed by atoms with Gasteiger partial charge in [0.05, 0.1) is 37.1 Å². The molecule has 2 rings (SSSR count). The molecule has 6 heteroatoms. The van der Waals surface area contributed by atoms with Crippen LogP contribution in [0.2, 0.25) is 0 Å². The zero-order chi connectivity index (χ0) is 16.9. The SMILES string of the molecule is CCOC1CC(CO)(NCC(O)COC2CCOCC2)C1(C)C. The van der Waals surface area contributed by atoms with Crippen LogP contribution in [-0.2, 0) is 14.2 Å². The van der Waals surface area contributed by atoms with Gasteiger partial charge in [0.15, 0.2) is 0 Å². The van der Waals surface area contributed by atoms with Crippen molar-refractivity contribution in [2.75, 3.05) is 39.6 Å². The van der Waals surface area contributed by atoms with Crippen molar-refractivity contribution in [3.63, 3.8) is 0 Å². The number of nitrogens with one attached hydrogen (secondary N) is 1. The van der Waals surface area contributed by atoms with E-state index in [9.17, 15) is 10.2 Å². The molecule has 1 heterocycles. The summed E-state index contributed by atoms with van der Waals surface area (Å²) in [5.74, 6) is 0. The van der Waals surface area contributed by atoms with Crippen molar-refractivity contribution in [3.05, 3.63) is 0 Å². The van der Waals surface area contributed by atoms with E-state index in [1.165, 1.54) is 0 Å². The van der Waals surface area contributed by atoms with E-state index in [-0.39, 0.29) is 24.2 Å². The molecule has 1 aliphatic carbocycles. The van der Waals surface area contributed by atoms with E-state index >= 15 is 0 Å². The molecule has 1 aliphatic heterocycles. The Balaban J connectivity index is 1.74. The second-order valence-electron chi connectivity index (χ2n) is 7.29. The van der Waals surface area contributed by atoms with Gasteiger partial charge in [-0.2, -0.15) is 0 Å². The maximum absolute atomic E-state index is 10.2. The fraction of sp³-hybridized carbons (Fsp3) is 1.00. The van der Waals surface area contributed by atoms with E-state index in [4.69, 9.17) is 14.2 Å². The van der Waals surface area contributed by atoms with Gasteiger partial charge in [0.2, 0.25) is 0 Å². The molecule has 0 aromatic heterocycles. The summed E-state index contributed by atoms with van der Waals surface area (Å²) in [6.07, 6.45) is 2.30. The minimum absolute atomic E-state index is 0.0388. The lowest BCUT2D eigenvalue weighted by Gasteiger charge is -2.61. The number of β-amino-alcohol motifs (C(OH)–C–C–N with tert-alkyl or cyclic N) is 1. The predicted molar refractivity (Wildman–Crippen MR) is 87.4 cm³/mol. The number of rotatable bonds is 9. The van der Waals surface area contributed by atoms with Crippen molar-refractivity contribution in [2.45, 2.75) is 63.9 Å². The van der Waals surface area contributed by atoms with Crippen molar-refractivity contribution in [1.29, 1.82) is 0 Å². The predicted octanol–water partition coefficient (Wildman–Crippen LogP) is 0.699. The fourth-order valence-electron chi connectivity index (χ4n) is 3.57. The number of hydrogen-bond acceptors (Lipinski definition) is 6. The number of aliphatic hydroxyl groups excluding tert-OH is 2. The average molecular weight is 331 g/mol. The smallest absolute Gasteiger partial charge is 0.0898 e. The van der Waals surface area contributed by atoms with Gasteiger partial charge < -0.3 is 29.7 Å². The van der Waals surface area contributed by atoms with Crippen molar-refractivity contribution in [2.24, 2.45) is 5.41 Å². The van der Waals surface area contributed by atoms with Gasteiger partial charge >= 0.3 is 0 Å². The molecule has 0 bridgehead atoms. The molecule has 0 radical (unpaired) electrons. The summed E-state index contributed by atoms with van der Waals surface area (Å²) in [6.45, 7) is 9.10. The van der Waals surface area contributed by atoms with Gasteiger partial charge in [0.1, 0.15) is 0 Å². The Hall–Kier alpha value is -0.240. The van der Waals surface area contributed by atoms with E-state index < -0.39 is 11.6 Å². The Morgan fingerprint density at radius 3 is 2.52 bits per heavy atom. The van der Waals surface area contributed by atoms with Gasteiger partial charge in [-0.15, -0.1) is 0 Å². The highest BCUT2D eigenvalue weighted by molar-refractivity contribution is 5.15. The van der Waals surface area contributed by atoms with Crippen LogP contribution < -0.4 is 5.32 Å². The van der Waals surface area contributed by atoms with E-state index in [1.54, 1.807) is 0 Å². The number of hydrogen-bond donors (Lipinski definition) is 3. The Morgan fingerprint density at radius 2 is 1.96 bits per heavy atom. The average Bonchev–Trinajstić information content (AvgIpc) is 2.56. The molecule has 2 aliphatic rings. The van der Waals surface area contributed by atoms with Crippen molar-refractivity contribution in [3.8, 4) is 0 Å². The Bertz CT molecular complexity index is 359. The second-order valence-corrected chi connectivity index (χ2v) is 7.29. The molecule has 1 saturated carbocycles. The number of ether oxygens (including phenoxy) is 3. The summed E-state index contributed by atoms with van der Waals surface area (Å²) < 4.78 is 16.8. The van der Waals surface area contributed by atoms with E-state index in [2.05, 4.69) is 19.2 Å². The number of aliphatic hydroxyl groups is 2. The molecular weight excluding hydrogens is 298 g/mol. The van der Waals surface area contributed by atoms with Crippen LogP contribution in [0, 0.1) is 5.41 Å². The van der Waals surface area contributed by atoms with E-state index in [1.807, 2.05) is 6.92 Å². The molecule has 6 nitrogen and oxygen atoms in total. The van der Waals surface area contributed by atoms with Gasteiger partial charge in [-0.1, -0.05) is 13.8 Å². The first-order valence-corrected chi connectivity index (χ1v) is 8.80. The highest BCUT2D eigenvalue weighted by Crippen LogP contribution is 2.51. The molecule has 3 unspecified atom stereocenters. The Kier molecular flexibility index (Phi) is 6.83. The van der Waals surface area contributed by atoms with Gasteiger partial charge in [0, 0.05) is 31.8 Å². The van der Waals surface area contributed by atoms with E-state index in [0.29, 0.717) is 19.8 Å². The highest BCUT2D eigenvalue weighted by Gasteiger charge is 2.60. The Labute approximate surface area is 139 Å². The summed E-state index contributed by atoms with van der Waals surface area (Å²) in [4.78, 5) is 0. The summed E-state index contributed by atoms with van der Waals surface area (Å²) in [5.41, 5.74) is -0.564. The molecular formula is C17H33NO5. The molecule has 0 spiro atoms. The third-order valence-corrected chi connectivity index (χ3v) is 5.58. The fourth-order valence-corrected chi connectivity index (χ4v) is 3.57. The van der Waals surface area contributed by atoms with Crippen molar-refractivity contribution >= 4 is 0 Å². The van der Waals surface area contributed by atoms with Crippen LogP contribution in [-0.4, -0.2) is 73.6 Å². The third-order valence-electron chi connectivity index (χ3n) is 5.58. The molecule has 0 aromatic rings. The maximum atomic E-state index is 10.2. The second kappa shape index (κ2) is 8.23. The molecule has 136 valence electrons. The third kappa shape index (κ3) is 4.24. The molecule has 3 atom stereocenters. The molecule has 0 aromatic carbocycles. The van der Waals surface area contributed by atoms with Crippen LogP contribution in [0.4, 0.5) is 0 Å². The molecule has 1 saturated heterocycles. The van der Waals surface area contributed by atoms with Crippen LogP contribution in [0.3, 0.4) is 0 Å². The lowest BCUT2D eigenvalue weighted by molar-refractivity contribution is -0.179. The lowest BCUT2D eigenvalue weighted by atomic mass is 9.54. The Morgan fingerprint density at radius 1 is 1.26 bits per heavy atom. The van der Waals surface area contributed by atoms with E-state index in [0.717, 1.165) is 32.5 Å². The first-order chi connectivity index (χ1) is 10.9. The summed E-state index contributed by atoms with van der Waals surface area (Å²) in [5, 5.41) is 23.4. The van der Waals surface area contributed by atoms with Gasteiger partial charge in [0.25, 0.3) is 0 Å². The molecule has 2 fully saturated rings. The standard InChI is InChI=1S/C17H33NO5/c1-4-22-15-9-17(12-19,16(15,2)3)18-10-13(20)11-23-14-5-7-21-8-6-14/h13-15,18-20H,4-12H2,1-3H3. The van der Waals surface area contributed by atoms with Crippen LogP contribution >= 0.6 is 0 Å². The quantitative estimate of drug-likeness (QED) is 0.577. The minimum Gasteiger partial charge on any atom is -0.394 e. The topological polar surface area (TPSA) is 80.2 Å². The highest BCUT2D eigenvalue weighted by atomic mass is 16.5. The first-order valence-electron chi connectivity index (χ1n) is 8.80. The molecule has 0 amide bonds. The zero-order valence-electron chi connectivity index (χ0n) is 14.7. The van der Waals surface area contributed by atoms with Crippen LogP contribution in [0.15, 0.2) is 0 Å². The van der Waals surface area contributed by atoms with Gasteiger partial charge in [-0.25, -0.2) is 0 Å². The first kappa shape index (κ1) is 19.1. The van der Waals surface area contributed by atoms with Crippen LogP contribution in [0.25, 0.3) is 0 Å². The van der Waals surface area contributed by atoms with Crippen molar-refractivity contribution in [1.82, 2.24) is 5.32 Å². The summed E-state index contributed by atoms with van der Waals surface area (Å²) in [6, 6.07) is 0. The normalized spacial score (nSPS) is 32.5. The maximum Gasteiger partial charge on any atom is 0.0898 e. The van der Waals surface area contributed by atoms with Crippen LogP contribution in [0.1, 0.15) is 40.0 Å². The van der Waals surface area contributed by atoms with Crippen molar-refractivity contribution < 1.29 is 24.4 Å². The summed E-state index contributed by atoms with van der Waals surface area (Å²) >= 11 is 0. The molecule has 23 heavy (non-hydrogen) atoms. The molecule has 3 N–H and O–H groups in total. The minimum atomic E-state index is -0.580. The monoisotopic (exact) mass is 331 g/mol. The lowest BCUT2D eigenvalue weighted by Crippen LogP contribution is -2.74. The van der Waals surface area contributed by atoms with Gasteiger partial charge in [-0.05, 0) is 26.2 Å². The van der Waals surface area contributed by atoms with Gasteiger partial charge in [-0.3, -0.25) is 0 Å².